The molecule has 5 heteroatoms. The van der Waals surface area contributed by atoms with Crippen molar-refractivity contribution in [1.82, 2.24) is 4.90 Å². The van der Waals surface area contributed by atoms with E-state index in [1.807, 2.05) is 14.1 Å². The fourth-order valence-electron chi connectivity index (χ4n) is 2.38. The molecule has 0 N–H and O–H groups in total. The van der Waals surface area contributed by atoms with Gasteiger partial charge in [-0.25, -0.2) is 0 Å². The molecule has 0 fully saturated rings. The third-order valence-corrected chi connectivity index (χ3v) is 4.22. The maximum atomic E-state index is 12.5. The van der Waals surface area contributed by atoms with Gasteiger partial charge in [0.25, 0.3) is 0 Å². The van der Waals surface area contributed by atoms with Crippen LogP contribution in [0.1, 0.15) is 38.2 Å². The fraction of sp³-hybridized carbons (Fsp3) is 0.500. The Morgan fingerprint density at radius 1 is 1.22 bits per heavy atom. The molecule has 0 saturated heterocycles. The Morgan fingerprint density at radius 3 is 2.35 bits per heavy atom. The first kappa shape index (κ1) is 22.5. The van der Waals surface area contributed by atoms with E-state index in [-0.39, 0.29) is 24.1 Å². The van der Waals surface area contributed by atoms with Gasteiger partial charge in [0, 0.05) is 28.1 Å². The van der Waals surface area contributed by atoms with Crippen LogP contribution in [-0.2, 0) is 4.79 Å². The van der Waals surface area contributed by atoms with Crippen LogP contribution in [0.2, 0.25) is 10.0 Å². The average molecular weight is 379 g/mol. The standard InChI is InChI=1S/C18H25Cl2NO.ClH/c1-4-5-6-8-14(13-21(2)3)18(22)12-11-15-16(19)9-7-10-17(15)20;/h7,9-12,14H,4-6,8,13H2,1-3H3;1H. The highest BCUT2D eigenvalue weighted by atomic mass is 35.5. The topological polar surface area (TPSA) is 20.3 Å². The summed E-state index contributed by atoms with van der Waals surface area (Å²) >= 11 is 12.2. The van der Waals surface area contributed by atoms with Gasteiger partial charge >= 0.3 is 0 Å². The molecule has 1 unspecified atom stereocenters. The maximum Gasteiger partial charge on any atom is 0.160 e. The molecular weight excluding hydrogens is 353 g/mol. The molecule has 0 spiro atoms. The van der Waals surface area contributed by atoms with Gasteiger partial charge in [-0.3, -0.25) is 4.79 Å². The van der Waals surface area contributed by atoms with E-state index < -0.39 is 0 Å². The number of carbonyl (C=O) groups is 1. The minimum atomic E-state index is 0. The van der Waals surface area contributed by atoms with Crippen LogP contribution in [0.25, 0.3) is 6.08 Å². The van der Waals surface area contributed by atoms with Crippen LogP contribution < -0.4 is 0 Å². The zero-order valence-corrected chi connectivity index (χ0v) is 16.3. The summed E-state index contributed by atoms with van der Waals surface area (Å²) < 4.78 is 0. The quantitative estimate of drug-likeness (QED) is 0.402. The summed E-state index contributed by atoms with van der Waals surface area (Å²) in [5.41, 5.74) is 0.705. The number of halogens is 3. The van der Waals surface area contributed by atoms with E-state index >= 15 is 0 Å². The van der Waals surface area contributed by atoms with Crippen molar-refractivity contribution in [3.63, 3.8) is 0 Å². The zero-order valence-electron chi connectivity index (χ0n) is 14.0. The summed E-state index contributed by atoms with van der Waals surface area (Å²) in [6.45, 7) is 2.94. The molecule has 23 heavy (non-hydrogen) atoms. The first-order valence-corrected chi connectivity index (χ1v) is 8.52. The molecule has 130 valence electrons. The minimum Gasteiger partial charge on any atom is -0.309 e. The van der Waals surface area contributed by atoms with Crippen molar-refractivity contribution >= 4 is 47.5 Å². The van der Waals surface area contributed by atoms with Crippen LogP contribution >= 0.6 is 35.6 Å². The van der Waals surface area contributed by atoms with Gasteiger partial charge < -0.3 is 4.90 Å². The molecule has 1 atom stereocenters. The lowest BCUT2D eigenvalue weighted by Crippen LogP contribution is -2.27. The summed E-state index contributed by atoms with van der Waals surface area (Å²) in [6, 6.07) is 5.34. The third-order valence-electron chi connectivity index (χ3n) is 3.56. The van der Waals surface area contributed by atoms with Gasteiger partial charge in [0.05, 0.1) is 0 Å². The molecular formula is C18H26Cl3NO. The van der Waals surface area contributed by atoms with E-state index in [1.165, 1.54) is 0 Å². The number of rotatable bonds is 9. The fourth-order valence-corrected chi connectivity index (χ4v) is 2.90. The molecule has 0 heterocycles. The Morgan fingerprint density at radius 2 is 1.83 bits per heavy atom. The van der Waals surface area contributed by atoms with E-state index in [4.69, 9.17) is 23.2 Å². The van der Waals surface area contributed by atoms with Crippen molar-refractivity contribution in [2.45, 2.75) is 32.6 Å². The van der Waals surface area contributed by atoms with Gasteiger partial charge in [0.2, 0.25) is 0 Å². The molecule has 0 aliphatic carbocycles. The number of carbonyl (C=O) groups excluding carboxylic acids is 1. The predicted molar refractivity (Wildman–Crippen MR) is 104 cm³/mol. The molecule has 0 amide bonds. The first-order chi connectivity index (χ1) is 10.5. The maximum absolute atomic E-state index is 12.5. The summed E-state index contributed by atoms with van der Waals surface area (Å²) in [6.07, 6.45) is 7.68. The van der Waals surface area contributed by atoms with Crippen LogP contribution in [0.4, 0.5) is 0 Å². The number of nitrogens with zero attached hydrogens (tertiary/aromatic N) is 1. The average Bonchev–Trinajstić information content (AvgIpc) is 2.45. The van der Waals surface area contributed by atoms with E-state index in [1.54, 1.807) is 30.4 Å². The predicted octanol–water partition coefficient (Wildman–Crippen LogP) is 5.76. The highest BCUT2D eigenvalue weighted by Gasteiger charge is 2.16. The molecule has 0 bridgehead atoms. The Balaban J connectivity index is 0.00000484. The van der Waals surface area contributed by atoms with Gasteiger partial charge in [-0.05, 0) is 44.8 Å². The molecule has 1 aromatic rings. The summed E-state index contributed by atoms with van der Waals surface area (Å²) in [5, 5.41) is 1.12. The number of allylic oxidation sites excluding steroid dienone is 1. The van der Waals surface area contributed by atoms with Crippen molar-refractivity contribution in [3.8, 4) is 0 Å². The smallest absolute Gasteiger partial charge is 0.160 e. The van der Waals surface area contributed by atoms with Crippen LogP contribution in [0.15, 0.2) is 24.3 Å². The lowest BCUT2D eigenvalue weighted by molar-refractivity contribution is -0.118. The summed E-state index contributed by atoms with van der Waals surface area (Å²) in [7, 11) is 3.99. The number of hydrogen-bond acceptors (Lipinski definition) is 2. The highest BCUT2D eigenvalue weighted by Crippen LogP contribution is 2.26. The molecule has 0 radical (unpaired) electrons. The lowest BCUT2D eigenvalue weighted by atomic mass is 9.95. The number of hydrogen-bond donors (Lipinski definition) is 0. The molecule has 0 aromatic heterocycles. The highest BCUT2D eigenvalue weighted by molar-refractivity contribution is 6.37. The van der Waals surface area contributed by atoms with Crippen molar-refractivity contribution in [2.75, 3.05) is 20.6 Å². The molecule has 0 aliphatic rings. The third kappa shape index (κ3) is 8.21. The van der Waals surface area contributed by atoms with Crippen LogP contribution in [0.3, 0.4) is 0 Å². The van der Waals surface area contributed by atoms with Gasteiger partial charge in [-0.15, -0.1) is 12.4 Å². The van der Waals surface area contributed by atoms with Gasteiger partial charge in [-0.1, -0.05) is 55.5 Å². The van der Waals surface area contributed by atoms with Gasteiger partial charge in [0.1, 0.15) is 0 Å². The Hall–Kier alpha value is -0.540. The number of benzene rings is 1. The second-order valence-electron chi connectivity index (χ2n) is 5.83. The minimum absolute atomic E-state index is 0. The molecule has 1 rings (SSSR count). The monoisotopic (exact) mass is 377 g/mol. The summed E-state index contributed by atoms with van der Waals surface area (Å²) in [4.78, 5) is 14.5. The van der Waals surface area contributed by atoms with Gasteiger partial charge in [-0.2, -0.15) is 0 Å². The van der Waals surface area contributed by atoms with E-state index in [0.717, 1.165) is 32.2 Å². The van der Waals surface area contributed by atoms with Crippen molar-refractivity contribution in [3.05, 3.63) is 39.9 Å². The largest absolute Gasteiger partial charge is 0.309 e. The molecule has 2 nitrogen and oxygen atoms in total. The number of ketones is 1. The van der Waals surface area contributed by atoms with Crippen molar-refractivity contribution in [2.24, 2.45) is 5.92 Å². The molecule has 1 aromatic carbocycles. The van der Waals surface area contributed by atoms with Crippen molar-refractivity contribution in [1.29, 1.82) is 0 Å². The SMILES string of the molecule is CCCCCC(CN(C)C)C(=O)C=Cc1c(Cl)cccc1Cl.Cl. The zero-order chi connectivity index (χ0) is 16.5. The van der Waals surface area contributed by atoms with Gasteiger partial charge in [0.15, 0.2) is 5.78 Å². The second kappa shape index (κ2) is 11.9. The first-order valence-electron chi connectivity index (χ1n) is 7.76. The van der Waals surface area contributed by atoms with Crippen LogP contribution in [0.5, 0.6) is 0 Å². The van der Waals surface area contributed by atoms with Crippen LogP contribution in [-0.4, -0.2) is 31.3 Å². The second-order valence-corrected chi connectivity index (χ2v) is 6.64. The molecule has 0 aliphatic heterocycles. The number of unbranched alkanes of at least 4 members (excludes halogenated alkanes) is 2. The Labute approximate surface area is 156 Å². The molecule has 0 saturated carbocycles. The van der Waals surface area contributed by atoms with E-state index in [2.05, 4.69) is 11.8 Å². The van der Waals surface area contributed by atoms with E-state index in [9.17, 15) is 4.79 Å². The lowest BCUT2D eigenvalue weighted by Gasteiger charge is -2.18. The van der Waals surface area contributed by atoms with Crippen LogP contribution in [0, 0.1) is 5.92 Å². The Bertz CT molecular complexity index is 495. The Kier molecular flexibility index (Phi) is 11.6. The normalized spacial score (nSPS) is 12.4. The van der Waals surface area contributed by atoms with E-state index in [0.29, 0.717) is 15.6 Å². The van der Waals surface area contributed by atoms with Crippen molar-refractivity contribution < 1.29 is 4.79 Å². The summed E-state index contributed by atoms with van der Waals surface area (Å²) in [5.74, 6) is 0.167.